The predicted octanol–water partition coefficient (Wildman–Crippen LogP) is 1.98. The average Bonchev–Trinajstić information content (AvgIpc) is 2.99. The number of aromatic nitrogens is 2. The molecule has 1 saturated carbocycles. The maximum Gasteiger partial charge on any atom is 0.137 e. The molecule has 2 aromatic heterocycles. The number of nitrogens with two attached hydrogens (primary N) is 1. The molecule has 3 heteroatoms. The molecule has 1 aliphatic rings. The molecule has 0 spiro atoms. The van der Waals surface area contributed by atoms with Crippen molar-refractivity contribution in [3.63, 3.8) is 0 Å². The van der Waals surface area contributed by atoms with E-state index in [0.717, 1.165) is 5.65 Å². The number of imidazole rings is 1. The van der Waals surface area contributed by atoms with Gasteiger partial charge >= 0.3 is 0 Å². The summed E-state index contributed by atoms with van der Waals surface area (Å²) in [4.78, 5) is 4.69. The highest BCUT2D eigenvalue weighted by Gasteiger charge is 2.29. The first-order valence-electron chi connectivity index (χ1n) is 5.47. The minimum absolute atomic E-state index is 0.579. The number of rotatable bonds is 2. The van der Waals surface area contributed by atoms with Gasteiger partial charge in [-0.15, -0.1) is 0 Å². The molecule has 0 radical (unpaired) electrons. The highest BCUT2D eigenvalue weighted by atomic mass is 15.0. The molecule has 1 fully saturated rings. The van der Waals surface area contributed by atoms with Gasteiger partial charge in [-0.05, 0) is 37.5 Å². The maximum atomic E-state index is 5.80. The van der Waals surface area contributed by atoms with Gasteiger partial charge in [0.1, 0.15) is 5.65 Å². The van der Waals surface area contributed by atoms with Crippen LogP contribution in [0, 0.1) is 6.92 Å². The van der Waals surface area contributed by atoms with Crippen LogP contribution in [0.3, 0.4) is 0 Å². The molecular weight excluding hydrogens is 186 g/mol. The van der Waals surface area contributed by atoms with Crippen molar-refractivity contribution in [2.45, 2.75) is 32.2 Å². The van der Waals surface area contributed by atoms with E-state index in [1.54, 1.807) is 0 Å². The van der Waals surface area contributed by atoms with Crippen LogP contribution in [0.4, 0.5) is 0 Å². The Morgan fingerprint density at radius 1 is 1.53 bits per heavy atom. The van der Waals surface area contributed by atoms with E-state index in [0.29, 0.717) is 12.5 Å². The van der Waals surface area contributed by atoms with E-state index < -0.39 is 0 Å². The van der Waals surface area contributed by atoms with Crippen LogP contribution in [0.25, 0.3) is 5.65 Å². The third-order valence-electron chi connectivity index (χ3n) is 3.07. The third kappa shape index (κ3) is 1.35. The van der Waals surface area contributed by atoms with Crippen molar-refractivity contribution in [3.8, 4) is 0 Å². The Morgan fingerprint density at radius 2 is 2.33 bits per heavy atom. The van der Waals surface area contributed by atoms with Crippen LogP contribution in [-0.4, -0.2) is 9.38 Å². The van der Waals surface area contributed by atoms with Gasteiger partial charge in [0.05, 0.1) is 11.4 Å². The van der Waals surface area contributed by atoms with Gasteiger partial charge < -0.3 is 10.1 Å². The molecule has 0 aromatic carbocycles. The van der Waals surface area contributed by atoms with E-state index in [2.05, 4.69) is 34.6 Å². The SMILES string of the molecule is Cc1ccn2c(CN)c(C3CC3)nc2c1. The molecule has 3 rings (SSSR count). The van der Waals surface area contributed by atoms with Crippen molar-refractivity contribution in [2.75, 3.05) is 0 Å². The summed E-state index contributed by atoms with van der Waals surface area (Å²) >= 11 is 0. The molecule has 2 aromatic rings. The highest BCUT2D eigenvalue weighted by Crippen LogP contribution is 2.41. The first-order valence-corrected chi connectivity index (χ1v) is 5.47. The first-order chi connectivity index (χ1) is 7.29. The van der Waals surface area contributed by atoms with Crippen molar-refractivity contribution in [2.24, 2.45) is 5.73 Å². The van der Waals surface area contributed by atoms with Crippen LogP contribution >= 0.6 is 0 Å². The summed E-state index contributed by atoms with van der Waals surface area (Å²) < 4.78 is 2.13. The molecular formula is C12H15N3. The van der Waals surface area contributed by atoms with E-state index in [9.17, 15) is 0 Å². The standard InChI is InChI=1S/C12H15N3/c1-8-4-5-15-10(7-13)12(9-2-3-9)14-11(15)6-8/h4-6,9H,2-3,7,13H2,1H3. The van der Waals surface area contributed by atoms with Crippen LogP contribution < -0.4 is 5.73 Å². The monoisotopic (exact) mass is 201 g/mol. The summed E-state index contributed by atoms with van der Waals surface area (Å²) in [5.41, 5.74) is 10.5. The Morgan fingerprint density at radius 3 is 3.00 bits per heavy atom. The molecule has 1 aliphatic carbocycles. The van der Waals surface area contributed by atoms with Crippen molar-refractivity contribution in [1.29, 1.82) is 0 Å². The molecule has 0 unspecified atom stereocenters. The van der Waals surface area contributed by atoms with Gasteiger partial charge in [0, 0.05) is 18.7 Å². The van der Waals surface area contributed by atoms with Gasteiger partial charge in [0.15, 0.2) is 0 Å². The van der Waals surface area contributed by atoms with Gasteiger partial charge in [0.25, 0.3) is 0 Å². The summed E-state index contributed by atoms with van der Waals surface area (Å²) in [7, 11) is 0. The molecule has 0 atom stereocenters. The first kappa shape index (κ1) is 8.92. The minimum Gasteiger partial charge on any atom is -0.325 e. The van der Waals surface area contributed by atoms with Crippen LogP contribution in [0.1, 0.15) is 35.7 Å². The number of aryl methyl sites for hydroxylation is 1. The zero-order valence-corrected chi connectivity index (χ0v) is 8.90. The topological polar surface area (TPSA) is 43.3 Å². The van der Waals surface area contributed by atoms with Crippen LogP contribution in [0.5, 0.6) is 0 Å². The lowest BCUT2D eigenvalue weighted by molar-refractivity contribution is 0.910. The maximum absolute atomic E-state index is 5.80. The molecule has 3 nitrogen and oxygen atoms in total. The fourth-order valence-corrected chi connectivity index (χ4v) is 2.10. The van der Waals surface area contributed by atoms with Gasteiger partial charge in [-0.1, -0.05) is 0 Å². The lowest BCUT2D eigenvalue weighted by Crippen LogP contribution is -2.03. The number of fused-ring (bicyclic) bond motifs is 1. The zero-order valence-electron chi connectivity index (χ0n) is 8.90. The Balaban J connectivity index is 2.26. The molecule has 0 bridgehead atoms. The number of pyridine rings is 1. The third-order valence-corrected chi connectivity index (χ3v) is 3.07. The van der Waals surface area contributed by atoms with Gasteiger partial charge in [-0.3, -0.25) is 0 Å². The van der Waals surface area contributed by atoms with Crippen molar-refractivity contribution >= 4 is 5.65 Å². The van der Waals surface area contributed by atoms with Crippen LogP contribution in [-0.2, 0) is 6.54 Å². The second kappa shape index (κ2) is 3.07. The summed E-state index contributed by atoms with van der Waals surface area (Å²) in [6, 6.07) is 4.22. The van der Waals surface area contributed by atoms with E-state index in [-0.39, 0.29) is 0 Å². The average molecular weight is 201 g/mol. The van der Waals surface area contributed by atoms with E-state index in [1.165, 1.54) is 29.8 Å². The largest absolute Gasteiger partial charge is 0.325 e. The van der Waals surface area contributed by atoms with E-state index >= 15 is 0 Å². The molecule has 78 valence electrons. The Hall–Kier alpha value is -1.35. The van der Waals surface area contributed by atoms with Gasteiger partial charge in [-0.25, -0.2) is 4.98 Å². The van der Waals surface area contributed by atoms with Crippen LogP contribution in [0.2, 0.25) is 0 Å². The van der Waals surface area contributed by atoms with Crippen molar-refractivity contribution < 1.29 is 0 Å². The Labute approximate surface area is 88.9 Å². The summed E-state index contributed by atoms with van der Waals surface area (Å²) in [5.74, 6) is 0.670. The molecule has 15 heavy (non-hydrogen) atoms. The van der Waals surface area contributed by atoms with E-state index in [1.807, 2.05) is 0 Å². The molecule has 0 saturated heterocycles. The summed E-state index contributed by atoms with van der Waals surface area (Å²) in [6.07, 6.45) is 4.62. The van der Waals surface area contributed by atoms with Gasteiger partial charge in [0.2, 0.25) is 0 Å². The van der Waals surface area contributed by atoms with Crippen LogP contribution in [0.15, 0.2) is 18.3 Å². The summed E-state index contributed by atoms with van der Waals surface area (Å²) in [6.45, 7) is 2.67. The minimum atomic E-state index is 0.579. The Kier molecular flexibility index (Phi) is 1.83. The fourth-order valence-electron chi connectivity index (χ4n) is 2.10. The summed E-state index contributed by atoms with van der Waals surface area (Å²) in [5, 5.41) is 0. The van der Waals surface area contributed by atoms with E-state index in [4.69, 9.17) is 5.73 Å². The molecule has 0 aliphatic heterocycles. The lowest BCUT2D eigenvalue weighted by Gasteiger charge is -2.00. The zero-order chi connectivity index (χ0) is 10.4. The molecule has 0 amide bonds. The van der Waals surface area contributed by atoms with Crippen molar-refractivity contribution in [1.82, 2.24) is 9.38 Å². The Bertz CT molecular complexity index is 509. The molecule has 2 heterocycles. The second-order valence-corrected chi connectivity index (χ2v) is 4.35. The number of hydrogen-bond acceptors (Lipinski definition) is 2. The second-order valence-electron chi connectivity index (χ2n) is 4.35. The number of nitrogens with zero attached hydrogens (tertiary/aromatic N) is 2. The highest BCUT2D eigenvalue weighted by molar-refractivity contribution is 5.47. The predicted molar refractivity (Wildman–Crippen MR) is 59.8 cm³/mol. The lowest BCUT2D eigenvalue weighted by atomic mass is 10.2. The normalized spacial score (nSPS) is 16.1. The molecule has 2 N–H and O–H groups in total. The number of hydrogen-bond donors (Lipinski definition) is 1. The fraction of sp³-hybridized carbons (Fsp3) is 0.417. The van der Waals surface area contributed by atoms with Gasteiger partial charge in [-0.2, -0.15) is 0 Å². The smallest absolute Gasteiger partial charge is 0.137 e. The van der Waals surface area contributed by atoms with Crippen molar-refractivity contribution in [3.05, 3.63) is 35.3 Å². The quantitative estimate of drug-likeness (QED) is 0.807.